The van der Waals surface area contributed by atoms with Gasteiger partial charge in [0, 0.05) is 25.0 Å². The highest BCUT2D eigenvalue weighted by Crippen LogP contribution is 2.10. The number of nitrogens with zero attached hydrogens (tertiary/aromatic N) is 2. The number of hydrogen-bond donors (Lipinski definition) is 2. The van der Waals surface area contributed by atoms with Crippen LogP contribution in [0.25, 0.3) is 0 Å². The fourth-order valence-corrected chi connectivity index (χ4v) is 3.62. The number of carbonyl (C=O) groups excluding carboxylic acids is 2. The molecule has 0 spiro atoms. The van der Waals surface area contributed by atoms with Gasteiger partial charge in [-0.3, -0.25) is 9.59 Å². The Balaban J connectivity index is 1.42. The van der Waals surface area contributed by atoms with Crippen LogP contribution in [-0.4, -0.2) is 11.8 Å². The van der Waals surface area contributed by atoms with Crippen molar-refractivity contribution in [1.29, 1.82) is 0 Å². The normalized spacial score (nSPS) is 10.8. The number of carbonyl (C=O) groups is 2. The Morgan fingerprint density at radius 2 is 0.933 bits per heavy atom. The van der Waals surface area contributed by atoms with Gasteiger partial charge in [0.1, 0.15) is 24.2 Å². The molecule has 0 bridgehead atoms. The third-order valence-electron chi connectivity index (χ3n) is 5.37. The zero-order valence-corrected chi connectivity index (χ0v) is 18.0. The van der Waals surface area contributed by atoms with E-state index in [0.29, 0.717) is 11.1 Å². The standard InChI is InChI=1S/C24H34N4O2/c25-23(29)21-13-11-17-27(19-21)15-9-7-5-3-1-2-4-6-8-10-16-28-18-12-14-22(20-28)24(26)30/h11-14,17-20H,1-10,15-16H2,(H2-2,25,26,29,30)/p+2. The summed E-state index contributed by atoms with van der Waals surface area (Å²) in [6, 6.07) is 7.24. The first-order valence-electron chi connectivity index (χ1n) is 11.1. The molecule has 0 aliphatic heterocycles. The summed E-state index contributed by atoms with van der Waals surface area (Å²) in [6.07, 6.45) is 20.0. The van der Waals surface area contributed by atoms with Crippen molar-refractivity contribution < 1.29 is 18.7 Å². The van der Waals surface area contributed by atoms with Crippen molar-refractivity contribution in [2.45, 2.75) is 77.3 Å². The average molecular weight is 413 g/mol. The van der Waals surface area contributed by atoms with Crippen molar-refractivity contribution >= 4 is 11.8 Å². The van der Waals surface area contributed by atoms with Crippen molar-refractivity contribution in [1.82, 2.24) is 0 Å². The van der Waals surface area contributed by atoms with Crippen LogP contribution in [0.1, 0.15) is 84.9 Å². The van der Waals surface area contributed by atoms with Crippen LogP contribution in [0.15, 0.2) is 49.1 Å². The van der Waals surface area contributed by atoms with Gasteiger partial charge < -0.3 is 11.5 Å². The van der Waals surface area contributed by atoms with Gasteiger partial charge in [-0.15, -0.1) is 0 Å². The summed E-state index contributed by atoms with van der Waals surface area (Å²) in [4.78, 5) is 22.4. The maximum atomic E-state index is 11.2. The molecule has 0 aliphatic carbocycles. The Labute approximate surface area is 179 Å². The highest BCUT2D eigenvalue weighted by molar-refractivity contribution is 5.92. The Morgan fingerprint density at radius 3 is 1.27 bits per heavy atom. The van der Waals surface area contributed by atoms with Gasteiger partial charge in [0.15, 0.2) is 24.8 Å². The maximum absolute atomic E-state index is 11.2. The summed E-state index contributed by atoms with van der Waals surface area (Å²) < 4.78 is 4.09. The number of aryl methyl sites for hydroxylation is 2. The molecule has 2 heterocycles. The summed E-state index contributed by atoms with van der Waals surface area (Å²) in [5, 5.41) is 0. The van der Waals surface area contributed by atoms with Crippen molar-refractivity contribution in [3.63, 3.8) is 0 Å². The first-order chi connectivity index (χ1) is 14.6. The largest absolute Gasteiger partial charge is 0.365 e. The molecule has 0 radical (unpaired) electrons. The second kappa shape index (κ2) is 13.5. The molecule has 0 aromatic carbocycles. The highest BCUT2D eigenvalue weighted by atomic mass is 16.1. The summed E-state index contributed by atoms with van der Waals surface area (Å²) in [5.41, 5.74) is 11.8. The quantitative estimate of drug-likeness (QED) is 0.347. The number of hydrogen-bond acceptors (Lipinski definition) is 2. The van der Waals surface area contributed by atoms with Gasteiger partial charge in [0.2, 0.25) is 0 Å². The summed E-state index contributed by atoms with van der Waals surface area (Å²) in [7, 11) is 0. The number of rotatable bonds is 15. The molecule has 6 nitrogen and oxygen atoms in total. The van der Waals surface area contributed by atoms with Crippen LogP contribution >= 0.6 is 0 Å². The van der Waals surface area contributed by atoms with Crippen LogP contribution in [-0.2, 0) is 13.1 Å². The summed E-state index contributed by atoms with van der Waals surface area (Å²) in [5.74, 6) is -0.749. The lowest BCUT2D eigenvalue weighted by Gasteiger charge is -2.02. The molecule has 2 amide bonds. The van der Waals surface area contributed by atoms with Gasteiger partial charge in [-0.1, -0.05) is 38.5 Å². The van der Waals surface area contributed by atoms with Crippen LogP contribution in [0.3, 0.4) is 0 Å². The maximum Gasteiger partial charge on any atom is 0.254 e. The second-order valence-corrected chi connectivity index (χ2v) is 7.92. The molecule has 162 valence electrons. The number of primary amides is 2. The fraction of sp³-hybridized carbons (Fsp3) is 0.500. The zero-order valence-electron chi connectivity index (χ0n) is 18.0. The molecular weight excluding hydrogens is 376 g/mol. The zero-order chi connectivity index (χ0) is 21.6. The Bertz CT molecular complexity index is 740. The fourth-order valence-electron chi connectivity index (χ4n) is 3.62. The molecule has 4 N–H and O–H groups in total. The van der Waals surface area contributed by atoms with E-state index in [-0.39, 0.29) is 11.8 Å². The van der Waals surface area contributed by atoms with Gasteiger partial charge in [-0.25, -0.2) is 9.13 Å². The monoisotopic (exact) mass is 412 g/mol. The van der Waals surface area contributed by atoms with E-state index >= 15 is 0 Å². The third-order valence-corrected chi connectivity index (χ3v) is 5.37. The van der Waals surface area contributed by atoms with E-state index in [2.05, 4.69) is 0 Å². The van der Waals surface area contributed by atoms with Crippen LogP contribution in [0.2, 0.25) is 0 Å². The lowest BCUT2D eigenvalue weighted by Crippen LogP contribution is -2.34. The summed E-state index contributed by atoms with van der Waals surface area (Å²) >= 11 is 0. The van der Waals surface area contributed by atoms with E-state index in [9.17, 15) is 9.59 Å². The van der Waals surface area contributed by atoms with Crippen LogP contribution in [0, 0.1) is 0 Å². The van der Waals surface area contributed by atoms with Gasteiger partial charge in [-0.2, -0.15) is 0 Å². The van der Waals surface area contributed by atoms with Crippen LogP contribution in [0.5, 0.6) is 0 Å². The van der Waals surface area contributed by atoms with Gasteiger partial charge in [0.25, 0.3) is 11.8 Å². The second-order valence-electron chi connectivity index (χ2n) is 7.92. The molecule has 30 heavy (non-hydrogen) atoms. The lowest BCUT2D eigenvalue weighted by molar-refractivity contribution is -0.697. The molecule has 2 aromatic heterocycles. The molecule has 0 fully saturated rings. The molecule has 0 unspecified atom stereocenters. The van der Waals surface area contributed by atoms with Crippen molar-refractivity contribution in [3.8, 4) is 0 Å². The molecule has 2 aromatic rings. The van der Waals surface area contributed by atoms with E-state index in [1.807, 2.05) is 46.1 Å². The average Bonchev–Trinajstić information content (AvgIpc) is 2.75. The minimum absolute atomic E-state index is 0.375. The van der Waals surface area contributed by atoms with E-state index in [1.54, 1.807) is 12.1 Å². The third kappa shape index (κ3) is 9.16. The minimum Gasteiger partial charge on any atom is -0.365 e. The van der Waals surface area contributed by atoms with Gasteiger partial charge in [0.05, 0.1) is 0 Å². The molecule has 6 heteroatoms. The molecule has 0 saturated heterocycles. The van der Waals surface area contributed by atoms with E-state index in [0.717, 1.165) is 25.9 Å². The SMILES string of the molecule is NC(=O)c1ccc[n+](CCCCCCCCCCCC[n+]2cccc(C(N)=O)c2)c1. The Hall–Kier alpha value is -2.76. The number of aromatic nitrogens is 2. The first-order valence-corrected chi connectivity index (χ1v) is 11.1. The van der Waals surface area contributed by atoms with Crippen LogP contribution < -0.4 is 20.6 Å². The number of pyridine rings is 2. The molecular formula is C24H36N4O2+2. The minimum atomic E-state index is -0.375. The Morgan fingerprint density at radius 1 is 0.600 bits per heavy atom. The molecule has 0 saturated carbocycles. The first kappa shape index (κ1) is 23.5. The molecule has 0 atom stereocenters. The smallest absolute Gasteiger partial charge is 0.254 e. The van der Waals surface area contributed by atoms with Crippen molar-refractivity contribution in [2.24, 2.45) is 11.5 Å². The topological polar surface area (TPSA) is 93.9 Å². The van der Waals surface area contributed by atoms with Crippen molar-refractivity contribution in [2.75, 3.05) is 0 Å². The van der Waals surface area contributed by atoms with E-state index in [1.165, 1.54) is 51.4 Å². The Kier molecular flexibility index (Phi) is 10.6. The predicted molar refractivity (Wildman–Crippen MR) is 116 cm³/mol. The molecule has 2 rings (SSSR count). The summed E-state index contributed by atoms with van der Waals surface area (Å²) in [6.45, 7) is 1.86. The molecule has 0 aliphatic rings. The highest BCUT2D eigenvalue weighted by Gasteiger charge is 2.07. The number of unbranched alkanes of at least 4 members (excludes halogenated alkanes) is 9. The van der Waals surface area contributed by atoms with E-state index in [4.69, 9.17) is 11.5 Å². The van der Waals surface area contributed by atoms with Gasteiger partial charge in [-0.05, 0) is 25.0 Å². The van der Waals surface area contributed by atoms with E-state index < -0.39 is 0 Å². The van der Waals surface area contributed by atoms with Gasteiger partial charge >= 0.3 is 0 Å². The van der Waals surface area contributed by atoms with Crippen LogP contribution in [0.4, 0.5) is 0 Å². The number of nitrogens with two attached hydrogens (primary N) is 2. The predicted octanol–water partition coefficient (Wildman–Crippen LogP) is 3.06. The number of amides is 2. The van der Waals surface area contributed by atoms with Crippen molar-refractivity contribution in [3.05, 3.63) is 60.2 Å². The lowest BCUT2D eigenvalue weighted by atomic mass is 10.1.